The van der Waals surface area contributed by atoms with E-state index >= 15 is 0 Å². The average molecular weight is 394 g/mol. The molecule has 8 nitrogen and oxygen atoms in total. The van der Waals surface area contributed by atoms with E-state index in [1.54, 1.807) is 24.3 Å². The maximum atomic E-state index is 10.3. The van der Waals surface area contributed by atoms with Gasteiger partial charge in [-0.05, 0) is 18.2 Å². The lowest BCUT2D eigenvalue weighted by molar-refractivity contribution is 0.0718. The molecule has 9 heteroatoms. The molecule has 2 rings (SSSR count). The Morgan fingerprint density at radius 1 is 1.07 bits per heavy atom. The Morgan fingerprint density at radius 2 is 1.74 bits per heavy atom. The van der Waals surface area contributed by atoms with E-state index in [0.29, 0.717) is 16.4 Å². The van der Waals surface area contributed by atoms with Crippen molar-refractivity contribution in [3.05, 3.63) is 47.0 Å². The van der Waals surface area contributed by atoms with Crippen LogP contribution in [0.1, 0.15) is 5.56 Å². The van der Waals surface area contributed by atoms with Crippen molar-refractivity contribution < 1.29 is 25.2 Å². The van der Waals surface area contributed by atoms with E-state index in [1.807, 2.05) is 0 Å². The molecule has 0 heterocycles. The number of aliphatic imine (C=N–C) groups is 1. The monoisotopic (exact) mass is 393 g/mol. The molecule has 0 amide bonds. The summed E-state index contributed by atoms with van der Waals surface area (Å²) >= 11 is 6.04. The minimum atomic E-state index is -1.46. The molecule has 0 saturated carbocycles. The number of hydrogen-bond acceptors (Lipinski definition) is 8. The molecule has 0 spiro atoms. The van der Waals surface area contributed by atoms with Gasteiger partial charge in [0.05, 0.1) is 37.6 Å². The summed E-state index contributed by atoms with van der Waals surface area (Å²) in [5.74, 6) is -0.0738. The first-order chi connectivity index (χ1) is 13.0. The van der Waals surface area contributed by atoms with Gasteiger partial charge in [-0.25, -0.2) is 0 Å². The Labute approximate surface area is 161 Å². The molecule has 0 aliphatic rings. The van der Waals surface area contributed by atoms with Gasteiger partial charge in [0.15, 0.2) is 11.5 Å². The Bertz CT molecular complexity index is 829. The predicted molar refractivity (Wildman–Crippen MR) is 102 cm³/mol. The number of azo groups is 1. The van der Waals surface area contributed by atoms with Crippen molar-refractivity contribution in [1.82, 2.24) is 0 Å². The van der Waals surface area contributed by atoms with Crippen molar-refractivity contribution >= 4 is 29.2 Å². The number of aromatic hydroxyl groups is 1. The van der Waals surface area contributed by atoms with E-state index in [4.69, 9.17) is 16.3 Å². The molecule has 2 aromatic rings. The van der Waals surface area contributed by atoms with Crippen LogP contribution < -0.4 is 4.74 Å². The van der Waals surface area contributed by atoms with Crippen LogP contribution in [0.15, 0.2) is 51.6 Å². The van der Waals surface area contributed by atoms with Crippen molar-refractivity contribution in [2.45, 2.75) is 5.54 Å². The number of rotatable bonds is 8. The summed E-state index contributed by atoms with van der Waals surface area (Å²) < 4.78 is 5.13. The Kier molecular flexibility index (Phi) is 7.26. The van der Waals surface area contributed by atoms with Gasteiger partial charge in [0.2, 0.25) is 0 Å². The molecular weight excluding hydrogens is 374 g/mol. The molecular formula is C18H20ClN3O5. The van der Waals surface area contributed by atoms with Gasteiger partial charge < -0.3 is 25.2 Å². The number of aliphatic hydroxyl groups is 3. The molecule has 2 aromatic carbocycles. The zero-order valence-electron chi connectivity index (χ0n) is 14.6. The summed E-state index contributed by atoms with van der Waals surface area (Å²) in [5, 5.41) is 46.9. The first kappa shape index (κ1) is 20.8. The molecule has 0 aliphatic heterocycles. The zero-order chi connectivity index (χ0) is 19.9. The third-order valence-corrected chi connectivity index (χ3v) is 4.11. The van der Waals surface area contributed by atoms with Crippen LogP contribution >= 0.6 is 11.6 Å². The number of aliphatic hydroxyl groups excluding tert-OH is 3. The highest BCUT2D eigenvalue weighted by atomic mass is 35.5. The Morgan fingerprint density at radius 3 is 2.33 bits per heavy atom. The molecule has 0 atom stereocenters. The van der Waals surface area contributed by atoms with Crippen LogP contribution in [0.2, 0.25) is 5.02 Å². The van der Waals surface area contributed by atoms with Crippen molar-refractivity contribution in [2.24, 2.45) is 15.2 Å². The van der Waals surface area contributed by atoms with Gasteiger partial charge in [-0.1, -0.05) is 23.7 Å². The summed E-state index contributed by atoms with van der Waals surface area (Å²) in [6, 6.07) is 9.89. The number of nitrogens with zero attached hydrogens (tertiary/aromatic N) is 3. The molecule has 0 unspecified atom stereocenters. The van der Waals surface area contributed by atoms with Crippen molar-refractivity contribution in [2.75, 3.05) is 26.9 Å². The largest absolute Gasteiger partial charge is 0.504 e. The minimum absolute atomic E-state index is 0.134. The minimum Gasteiger partial charge on any atom is -0.504 e. The van der Waals surface area contributed by atoms with Crippen LogP contribution in [-0.2, 0) is 0 Å². The number of halogens is 1. The smallest absolute Gasteiger partial charge is 0.166 e. The molecule has 0 saturated heterocycles. The van der Waals surface area contributed by atoms with Gasteiger partial charge in [0.25, 0.3) is 0 Å². The number of benzene rings is 2. The second kappa shape index (κ2) is 9.43. The lowest BCUT2D eigenvalue weighted by Crippen LogP contribution is -2.39. The van der Waals surface area contributed by atoms with Crippen LogP contribution in [0, 0.1) is 0 Å². The summed E-state index contributed by atoms with van der Waals surface area (Å²) in [6.45, 7) is -1.71. The summed E-state index contributed by atoms with van der Waals surface area (Å²) in [6.07, 6.45) is 1.22. The first-order valence-corrected chi connectivity index (χ1v) is 8.31. The van der Waals surface area contributed by atoms with Gasteiger partial charge in [-0.3, -0.25) is 4.99 Å². The number of phenolic OH excluding ortho intramolecular Hbond substituents is 1. The van der Waals surface area contributed by atoms with Gasteiger partial charge in [0, 0.05) is 17.8 Å². The lowest BCUT2D eigenvalue weighted by Gasteiger charge is -2.22. The van der Waals surface area contributed by atoms with E-state index < -0.39 is 25.4 Å². The molecule has 0 fully saturated rings. The fraction of sp³-hybridized carbons (Fsp3) is 0.278. The fourth-order valence-corrected chi connectivity index (χ4v) is 2.22. The second-order valence-corrected chi connectivity index (χ2v) is 6.10. The van der Waals surface area contributed by atoms with Crippen LogP contribution in [0.4, 0.5) is 11.4 Å². The molecule has 0 aliphatic carbocycles. The highest BCUT2D eigenvalue weighted by Crippen LogP contribution is 2.35. The summed E-state index contributed by atoms with van der Waals surface area (Å²) in [7, 11) is 1.38. The molecule has 0 aromatic heterocycles. The average Bonchev–Trinajstić information content (AvgIpc) is 2.70. The zero-order valence-corrected chi connectivity index (χ0v) is 15.3. The molecule has 0 radical (unpaired) electrons. The number of ether oxygens (including phenoxy) is 1. The third-order valence-electron chi connectivity index (χ3n) is 3.80. The van der Waals surface area contributed by atoms with E-state index in [0.717, 1.165) is 0 Å². The Hall–Kier alpha value is -2.52. The number of methoxy groups -OCH3 is 1. The Balaban J connectivity index is 2.41. The normalized spacial score (nSPS) is 12.2. The van der Waals surface area contributed by atoms with Gasteiger partial charge in [-0.2, -0.15) is 5.11 Å². The number of phenols is 1. The van der Waals surface area contributed by atoms with E-state index in [9.17, 15) is 20.4 Å². The maximum Gasteiger partial charge on any atom is 0.166 e. The summed E-state index contributed by atoms with van der Waals surface area (Å²) in [4.78, 5) is 4.01. The maximum absolute atomic E-state index is 10.3. The van der Waals surface area contributed by atoms with Crippen molar-refractivity contribution in [1.29, 1.82) is 0 Å². The topological polar surface area (TPSA) is 127 Å². The van der Waals surface area contributed by atoms with Crippen LogP contribution in [-0.4, -0.2) is 59.1 Å². The quantitative estimate of drug-likeness (QED) is 0.405. The first-order valence-electron chi connectivity index (χ1n) is 7.93. The van der Waals surface area contributed by atoms with Gasteiger partial charge in [0.1, 0.15) is 11.2 Å². The standard InChI is InChI=1S/C18H20ClN3O5/c1-27-16-7-13(21-22-15-5-3-2-4-14(15)19)6-12(17(16)26)8-20-18(9-23,10-24)11-25/h2-8,23-26H,9-11H2,1H3. The van der Waals surface area contributed by atoms with Crippen LogP contribution in [0.3, 0.4) is 0 Å². The van der Waals surface area contributed by atoms with Crippen molar-refractivity contribution in [3.8, 4) is 11.5 Å². The number of hydrogen-bond donors (Lipinski definition) is 4. The SMILES string of the molecule is COc1cc(N=Nc2ccccc2Cl)cc(C=NC(CO)(CO)CO)c1O. The van der Waals surface area contributed by atoms with Crippen LogP contribution in [0.25, 0.3) is 0 Å². The third kappa shape index (κ3) is 5.01. The lowest BCUT2D eigenvalue weighted by atomic mass is 10.0. The van der Waals surface area contributed by atoms with Crippen LogP contribution in [0.5, 0.6) is 11.5 Å². The molecule has 4 N–H and O–H groups in total. The van der Waals surface area contributed by atoms with Gasteiger partial charge in [-0.15, -0.1) is 5.11 Å². The summed E-state index contributed by atoms with van der Waals surface area (Å²) in [5.41, 5.74) is -0.425. The van der Waals surface area contributed by atoms with E-state index in [-0.39, 0.29) is 17.1 Å². The highest BCUT2D eigenvalue weighted by Gasteiger charge is 2.26. The second-order valence-electron chi connectivity index (χ2n) is 5.69. The van der Waals surface area contributed by atoms with Gasteiger partial charge >= 0.3 is 0 Å². The highest BCUT2D eigenvalue weighted by molar-refractivity contribution is 6.32. The fourth-order valence-electron chi connectivity index (χ4n) is 2.05. The van der Waals surface area contributed by atoms with E-state index in [1.165, 1.54) is 25.5 Å². The molecule has 0 bridgehead atoms. The van der Waals surface area contributed by atoms with Crippen molar-refractivity contribution in [3.63, 3.8) is 0 Å². The molecule has 27 heavy (non-hydrogen) atoms. The molecule has 144 valence electrons. The van der Waals surface area contributed by atoms with E-state index in [2.05, 4.69) is 15.2 Å². The predicted octanol–water partition coefficient (Wildman–Crippen LogP) is 2.60.